The standard InChI is InChI=1S/C33H40N4O5/c1-21(2)16-27(30(39)33(4)13-14-33)36-31(40)24(18-23-10-6-5-7-11-23)19-29(38)26(20-25-12-8-9-15-34-25)35-32(41)28-17-22(3)42-37-28/h5-12,15,17,21,24,26-27H,13-14,16,18-20H2,1-4H3,(H,35,41)(H,36,40)/t24-,26+,27+/m1/s1. The van der Waals surface area contributed by atoms with Crippen molar-refractivity contribution in [2.24, 2.45) is 17.3 Å². The Kier molecular flexibility index (Phi) is 10.0. The number of aromatic nitrogens is 2. The van der Waals surface area contributed by atoms with E-state index in [1.807, 2.05) is 57.2 Å². The summed E-state index contributed by atoms with van der Waals surface area (Å²) in [4.78, 5) is 58.3. The van der Waals surface area contributed by atoms with Gasteiger partial charge in [-0.2, -0.15) is 0 Å². The highest BCUT2D eigenvalue weighted by Gasteiger charge is 2.48. The first-order chi connectivity index (χ1) is 20.0. The molecule has 0 aliphatic heterocycles. The normalized spacial score (nSPS) is 15.8. The monoisotopic (exact) mass is 572 g/mol. The molecule has 0 unspecified atom stereocenters. The van der Waals surface area contributed by atoms with Crippen molar-refractivity contribution in [2.75, 3.05) is 0 Å². The second kappa shape index (κ2) is 13.7. The van der Waals surface area contributed by atoms with Gasteiger partial charge >= 0.3 is 0 Å². The van der Waals surface area contributed by atoms with Gasteiger partial charge in [0.05, 0.1) is 12.1 Å². The van der Waals surface area contributed by atoms with Crippen molar-refractivity contribution in [3.63, 3.8) is 0 Å². The number of hydrogen-bond donors (Lipinski definition) is 2. The van der Waals surface area contributed by atoms with Gasteiger partial charge in [0.25, 0.3) is 5.91 Å². The Morgan fingerprint density at radius 2 is 1.67 bits per heavy atom. The van der Waals surface area contributed by atoms with E-state index in [9.17, 15) is 19.2 Å². The molecule has 0 spiro atoms. The minimum absolute atomic E-state index is 0.0533. The van der Waals surface area contributed by atoms with Crippen molar-refractivity contribution in [1.82, 2.24) is 20.8 Å². The van der Waals surface area contributed by atoms with Crippen LogP contribution in [0.25, 0.3) is 0 Å². The number of carbonyl (C=O) groups is 4. The lowest BCUT2D eigenvalue weighted by molar-refractivity contribution is -0.134. The Morgan fingerprint density at radius 1 is 0.952 bits per heavy atom. The number of amides is 2. The van der Waals surface area contributed by atoms with E-state index in [1.54, 1.807) is 25.3 Å². The number of aryl methyl sites for hydroxylation is 1. The molecule has 0 bridgehead atoms. The molecule has 2 amide bonds. The largest absolute Gasteiger partial charge is 0.361 e. The van der Waals surface area contributed by atoms with Crippen LogP contribution in [0.4, 0.5) is 0 Å². The van der Waals surface area contributed by atoms with Crippen LogP contribution in [0.15, 0.2) is 65.3 Å². The van der Waals surface area contributed by atoms with E-state index in [-0.39, 0.29) is 41.9 Å². The van der Waals surface area contributed by atoms with Crippen molar-refractivity contribution in [1.29, 1.82) is 0 Å². The van der Waals surface area contributed by atoms with Gasteiger partial charge in [-0.15, -0.1) is 0 Å². The van der Waals surface area contributed by atoms with Gasteiger partial charge in [-0.3, -0.25) is 24.2 Å². The van der Waals surface area contributed by atoms with E-state index in [0.29, 0.717) is 24.3 Å². The van der Waals surface area contributed by atoms with Gasteiger partial charge in [0.1, 0.15) is 5.76 Å². The second-order valence-corrected chi connectivity index (χ2v) is 12.0. The molecule has 3 aromatic rings. The quantitative estimate of drug-likeness (QED) is 0.275. The zero-order valence-electron chi connectivity index (χ0n) is 24.8. The molecule has 222 valence electrons. The summed E-state index contributed by atoms with van der Waals surface area (Å²) in [5.74, 6) is -1.22. The lowest BCUT2D eigenvalue weighted by Crippen LogP contribution is -2.48. The molecule has 1 fully saturated rings. The number of nitrogens with zero attached hydrogens (tertiary/aromatic N) is 2. The topological polar surface area (TPSA) is 131 Å². The highest BCUT2D eigenvalue weighted by Crippen LogP contribution is 2.47. The molecule has 2 aromatic heterocycles. The Morgan fingerprint density at radius 3 is 2.26 bits per heavy atom. The van der Waals surface area contributed by atoms with Crippen LogP contribution >= 0.6 is 0 Å². The highest BCUT2D eigenvalue weighted by atomic mass is 16.5. The predicted octanol–water partition coefficient (Wildman–Crippen LogP) is 4.44. The molecule has 1 saturated carbocycles. The number of rotatable bonds is 15. The molecular formula is C33H40N4O5. The lowest BCUT2D eigenvalue weighted by atomic mass is 9.88. The Balaban J connectivity index is 1.56. The van der Waals surface area contributed by atoms with E-state index in [0.717, 1.165) is 18.4 Å². The predicted molar refractivity (Wildman–Crippen MR) is 157 cm³/mol. The van der Waals surface area contributed by atoms with E-state index in [2.05, 4.69) is 20.8 Å². The fourth-order valence-electron chi connectivity index (χ4n) is 5.07. The molecule has 2 N–H and O–H groups in total. The highest BCUT2D eigenvalue weighted by molar-refractivity contribution is 5.99. The van der Waals surface area contributed by atoms with E-state index < -0.39 is 29.3 Å². The number of ketones is 2. The summed E-state index contributed by atoms with van der Waals surface area (Å²) >= 11 is 0. The summed E-state index contributed by atoms with van der Waals surface area (Å²) in [7, 11) is 0. The Bertz CT molecular complexity index is 1380. The number of pyridine rings is 1. The lowest BCUT2D eigenvalue weighted by Gasteiger charge is -2.26. The van der Waals surface area contributed by atoms with Gasteiger partial charge in [0.2, 0.25) is 5.91 Å². The maximum absolute atomic E-state index is 13.9. The van der Waals surface area contributed by atoms with Crippen LogP contribution in [0.1, 0.15) is 74.0 Å². The van der Waals surface area contributed by atoms with Crippen molar-refractivity contribution < 1.29 is 23.7 Å². The number of Topliss-reactive ketones (excluding diaryl/α,β-unsaturated/α-hetero) is 2. The fourth-order valence-corrected chi connectivity index (χ4v) is 5.07. The van der Waals surface area contributed by atoms with Gasteiger partial charge in [0, 0.05) is 42.1 Å². The number of benzene rings is 1. The van der Waals surface area contributed by atoms with Crippen molar-refractivity contribution in [2.45, 2.75) is 78.3 Å². The van der Waals surface area contributed by atoms with Crippen molar-refractivity contribution in [3.05, 3.63) is 83.5 Å². The van der Waals surface area contributed by atoms with Gasteiger partial charge in [-0.25, -0.2) is 0 Å². The van der Waals surface area contributed by atoms with Gasteiger partial charge in [0.15, 0.2) is 17.3 Å². The van der Waals surface area contributed by atoms with E-state index in [1.165, 1.54) is 6.07 Å². The van der Waals surface area contributed by atoms with Crippen LogP contribution in [-0.4, -0.2) is 45.6 Å². The zero-order valence-corrected chi connectivity index (χ0v) is 24.8. The average molecular weight is 573 g/mol. The summed E-state index contributed by atoms with van der Waals surface area (Å²) in [5.41, 5.74) is 1.19. The maximum Gasteiger partial charge on any atom is 0.274 e. The average Bonchev–Trinajstić information content (AvgIpc) is 3.57. The summed E-state index contributed by atoms with van der Waals surface area (Å²) in [6.45, 7) is 7.66. The third kappa shape index (κ3) is 8.44. The molecule has 4 rings (SSSR count). The number of nitrogens with one attached hydrogen (secondary N) is 2. The minimum atomic E-state index is -0.950. The summed E-state index contributed by atoms with van der Waals surface area (Å²) in [6.07, 6.45) is 4.12. The van der Waals surface area contributed by atoms with Crippen molar-refractivity contribution in [3.8, 4) is 0 Å². The summed E-state index contributed by atoms with van der Waals surface area (Å²) in [6, 6.07) is 14.8. The number of hydrogen-bond acceptors (Lipinski definition) is 7. The molecule has 0 radical (unpaired) electrons. The fraction of sp³-hybridized carbons (Fsp3) is 0.455. The van der Waals surface area contributed by atoms with Gasteiger partial charge in [-0.05, 0) is 56.2 Å². The molecular weight excluding hydrogens is 532 g/mol. The Labute approximate surface area is 246 Å². The minimum Gasteiger partial charge on any atom is -0.361 e. The third-order valence-electron chi connectivity index (χ3n) is 7.77. The molecule has 9 heteroatoms. The first-order valence-corrected chi connectivity index (χ1v) is 14.6. The SMILES string of the molecule is Cc1cc(C(=O)N[C@@H](Cc2ccccn2)C(=O)C[C@@H](Cc2ccccc2)C(=O)N[C@@H](CC(C)C)C(=O)C2(C)CC2)no1. The molecule has 42 heavy (non-hydrogen) atoms. The third-order valence-corrected chi connectivity index (χ3v) is 7.77. The molecule has 0 saturated heterocycles. The van der Waals surface area contributed by atoms with E-state index >= 15 is 0 Å². The van der Waals surface area contributed by atoms with Crippen molar-refractivity contribution >= 4 is 23.4 Å². The van der Waals surface area contributed by atoms with Crippen LogP contribution in [0.3, 0.4) is 0 Å². The van der Waals surface area contributed by atoms with Crippen LogP contribution < -0.4 is 10.6 Å². The van der Waals surface area contributed by atoms with Crippen LogP contribution in [0.2, 0.25) is 0 Å². The number of carbonyl (C=O) groups excluding carboxylic acids is 4. The first kappa shape index (κ1) is 30.8. The molecule has 2 heterocycles. The van der Waals surface area contributed by atoms with E-state index in [4.69, 9.17) is 4.52 Å². The molecule has 1 aliphatic rings. The molecule has 9 nitrogen and oxygen atoms in total. The second-order valence-electron chi connectivity index (χ2n) is 12.0. The smallest absolute Gasteiger partial charge is 0.274 e. The maximum atomic E-state index is 13.9. The molecule has 3 atom stereocenters. The molecule has 1 aliphatic carbocycles. The first-order valence-electron chi connectivity index (χ1n) is 14.6. The van der Waals surface area contributed by atoms with Gasteiger partial charge in [-0.1, -0.05) is 62.3 Å². The zero-order chi connectivity index (χ0) is 30.3. The summed E-state index contributed by atoms with van der Waals surface area (Å²) in [5, 5.41) is 9.56. The Hall–Kier alpha value is -4.14. The molecule has 1 aromatic carbocycles. The van der Waals surface area contributed by atoms with Crippen LogP contribution in [0, 0.1) is 24.2 Å². The summed E-state index contributed by atoms with van der Waals surface area (Å²) < 4.78 is 5.03. The van der Waals surface area contributed by atoms with Crippen LogP contribution in [-0.2, 0) is 27.2 Å². The van der Waals surface area contributed by atoms with Crippen LogP contribution in [0.5, 0.6) is 0 Å². The van der Waals surface area contributed by atoms with Gasteiger partial charge < -0.3 is 15.2 Å².